The predicted octanol–water partition coefficient (Wildman–Crippen LogP) is 3.61. The smallest absolute Gasteiger partial charge is 0.319 e. The minimum absolute atomic E-state index is 0.0134. The quantitative estimate of drug-likeness (QED) is 0.696. The molecular formula is C20H27N5O2. The van der Waals surface area contributed by atoms with Crippen LogP contribution in [0.1, 0.15) is 39.0 Å². The molecule has 1 saturated carbocycles. The molecule has 0 saturated heterocycles. The third kappa shape index (κ3) is 5.84. The SMILES string of the molecule is CC(CCn1cccn1)NC(=O)Nc1cccc(NC(=O)C2CCCC2)c1. The molecule has 3 N–H and O–H groups in total. The van der Waals surface area contributed by atoms with Gasteiger partial charge in [0.2, 0.25) is 5.91 Å². The van der Waals surface area contributed by atoms with Crippen molar-refractivity contribution in [3.63, 3.8) is 0 Å². The second-order valence-corrected chi connectivity index (χ2v) is 7.11. The highest BCUT2D eigenvalue weighted by molar-refractivity contribution is 5.94. The van der Waals surface area contributed by atoms with Crippen LogP contribution in [-0.4, -0.2) is 27.8 Å². The molecule has 7 nitrogen and oxygen atoms in total. The van der Waals surface area contributed by atoms with E-state index in [1.165, 1.54) is 0 Å². The first-order valence-electron chi connectivity index (χ1n) is 9.56. The van der Waals surface area contributed by atoms with Crippen LogP contribution in [0.4, 0.5) is 16.2 Å². The third-order valence-corrected chi connectivity index (χ3v) is 4.84. The van der Waals surface area contributed by atoms with E-state index in [0.29, 0.717) is 11.4 Å². The van der Waals surface area contributed by atoms with E-state index >= 15 is 0 Å². The van der Waals surface area contributed by atoms with Crippen LogP contribution in [0.5, 0.6) is 0 Å². The number of urea groups is 1. The van der Waals surface area contributed by atoms with Gasteiger partial charge < -0.3 is 16.0 Å². The normalized spacial score (nSPS) is 15.3. The predicted molar refractivity (Wildman–Crippen MR) is 105 cm³/mol. The molecule has 1 unspecified atom stereocenters. The molecule has 1 atom stereocenters. The van der Waals surface area contributed by atoms with Crippen LogP contribution in [0.2, 0.25) is 0 Å². The largest absolute Gasteiger partial charge is 0.335 e. The summed E-state index contributed by atoms with van der Waals surface area (Å²) in [5.41, 5.74) is 1.35. The van der Waals surface area contributed by atoms with Crippen LogP contribution in [0.15, 0.2) is 42.7 Å². The van der Waals surface area contributed by atoms with E-state index in [0.717, 1.165) is 38.6 Å². The van der Waals surface area contributed by atoms with Crippen molar-refractivity contribution < 1.29 is 9.59 Å². The molecule has 1 heterocycles. The summed E-state index contributed by atoms with van der Waals surface area (Å²) in [4.78, 5) is 24.4. The number of hydrogen-bond acceptors (Lipinski definition) is 3. The van der Waals surface area contributed by atoms with Crippen molar-refractivity contribution in [1.82, 2.24) is 15.1 Å². The average molecular weight is 369 g/mol. The van der Waals surface area contributed by atoms with Crippen LogP contribution < -0.4 is 16.0 Å². The zero-order valence-corrected chi connectivity index (χ0v) is 15.6. The number of amides is 3. The molecule has 2 aromatic rings. The number of nitrogens with zero attached hydrogens (tertiary/aromatic N) is 2. The van der Waals surface area contributed by atoms with Crippen LogP contribution >= 0.6 is 0 Å². The molecule has 3 rings (SSSR count). The van der Waals surface area contributed by atoms with Gasteiger partial charge in [-0.05, 0) is 50.5 Å². The van der Waals surface area contributed by atoms with E-state index in [1.807, 2.05) is 36.0 Å². The van der Waals surface area contributed by atoms with Gasteiger partial charge in [0.05, 0.1) is 0 Å². The van der Waals surface area contributed by atoms with Crippen molar-refractivity contribution in [1.29, 1.82) is 0 Å². The molecule has 3 amide bonds. The molecule has 0 spiro atoms. The van der Waals surface area contributed by atoms with E-state index in [9.17, 15) is 9.59 Å². The second-order valence-electron chi connectivity index (χ2n) is 7.11. The highest BCUT2D eigenvalue weighted by atomic mass is 16.2. The van der Waals surface area contributed by atoms with Crippen molar-refractivity contribution in [2.24, 2.45) is 5.92 Å². The third-order valence-electron chi connectivity index (χ3n) is 4.84. The highest BCUT2D eigenvalue weighted by Crippen LogP contribution is 2.26. The Balaban J connectivity index is 1.46. The number of aryl methyl sites for hydroxylation is 1. The average Bonchev–Trinajstić information content (AvgIpc) is 3.34. The Hall–Kier alpha value is -2.83. The summed E-state index contributed by atoms with van der Waals surface area (Å²) in [6.07, 6.45) is 8.59. The summed E-state index contributed by atoms with van der Waals surface area (Å²) in [7, 11) is 0. The minimum atomic E-state index is -0.262. The fraction of sp³-hybridized carbons (Fsp3) is 0.450. The number of anilines is 2. The van der Waals surface area contributed by atoms with Gasteiger partial charge in [0.1, 0.15) is 0 Å². The molecule has 0 radical (unpaired) electrons. The zero-order valence-electron chi connectivity index (χ0n) is 15.6. The van der Waals surface area contributed by atoms with Crippen LogP contribution in [0, 0.1) is 5.92 Å². The summed E-state index contributed by atoms with van der Waals surface area (Å²) in [5.74, 6) is 0.182. The molecule has 7 heteroatoms. The Morgan fingerprint density at radius 3 is 2.63 bits per heavy atom. The molecule has 0 bridgehead atoms. The van der Waals surface area contributed by atoms with Crippen LogP contribution in [0.3, 0.4) is 0 Å². The van der Waals surface area contributed by atoms with Crippen LogP contribution in [-0.2, 0) is 11.3 Å². The zero-order chi connectivity index (χ0) is 19.1. The van der Waals surface area contributed by atoms with Gasteiger partial charge in [0, 0.05) is 42.3 Å². The summed E-state index contributed by atoms with van der Waals surface area (Å²) in [6, 6.07) is 8.87. The van der Waals surface area contributed by atoms with Gasteiger partial charge in [-0.2, -0.15) is 5.10 Å². The van der Waals surface area contributed by atoms with Gasteiger partial charge in [0.25, 0.3) is 0 Å². The maximum Gasteiger partial charge on any atom is 0.319 e. The number of nitrogens with one attached hydrogen (secondary N) is 3. The summed E-state index contributed by atoms with van der Waals surface area (Å²) < 4.78 is 1.84. The molecule has 1 aliphatic rings. The molecule has 1 aliphatic carbocycles. The lowest BCUT2D eigenvalue weighted by molar-refractivity contribution is -0.119. The number of benzene rings is 1. The first-order valence-corrected chi connectivity index (χ1v) is 9.56. The molecule has 27 heavy (non-hydrogen) atoms. The number of carbonyl (C=O) groups is 2. The van der Waals surface area contributed by atoms with Gasteiger partial charge in [0.15, 0.2) is 0 Å². The minimum Gasteiger partial charge on any atom is -0.335 e. The first-order chi connectivity index (χ1) is 13.1. The van der Waals surface area contributed by atoms with Gasteiger partial charge in [-0.15, -0.1) is 0 Å². The van der Waals surface area contributed by atoms with E-state index < -0.39 is 0 Å². The molecule has 144 valence electrons. The lowest BCUT2D eigenvalue weighted by atomic mass is 10.1. The maximum absolute atomic E-state index is 12.2. The van der Waals surface area contributed by atoms with Crippen molar-refractivity contribution in [3.05, 3.63) is 42.7 Å². The standard InChI is InChI=1S/C20H27N5O2/c1-15(10-13-25-12-5-11-21-25)22-20(27)24-18-9-4-8-17(14-18)23-19(26)16-6-2-3-7-16/h4-5,8-9,11-12,14-16H,2-3,6-7,10,13H2,1H3,(H,23,26)(H2,22,24,27). The van der Waals surface area contributed by atoms with E-state index in [-0.39, 0.29) is 23.9 Å². The van der Waals surface area contributed by atoms with Gasteiger partial charge >= 0.3 is 6.03 Å². The Labute approximate surface area is 159 Å². The Bertz CT molecular complexity index is 753. The number of carbonyl (C=O) groups excluding carboxylic acids is 2. The Kier molecular flexibility index (Phi) is 6.46. The molecule has 1 fully saturated rings. The Morgan fingerprint density at radius 1 is 1.19 bits per heavy atom. The van der Waals surface area contributed by atoms with Crippen molar-refractivity contribution in [2.75, 3.05) is 10.6 Å². The fourth-order valence-electron chi connectivity index (χ4n) is 3.33. The number of rotatable bonds is 7. The maximum atomic E-state index is 12.2. The van der Waals surface area contributed by atoms with Crippen molar-refractivity contribution in [2.45, 2.75) is 51.6 Å². The second kappa shape index (κ2) is 9.21. The molecular weight excluding hydrogens is 342 g/mol. The van der Waals surface area contributed by atoms with Gasteiger partial charge in [-0.3, -0.25) is 9.48 Å². The highest BCUT2D eigenvalue weighted by Gasteiger charge is 2.22. The summed E-state index contributed by atoms with van der Waals surface area (Å²) in [6.45, 7) is 2.71. The Morgan fingerprint density at radius 2 is 1.93 bits per heavy atom. The first kappa shape index (κ1) is 18.9. The molecule has 1 aromatic heterocycles. The monoisotopic (exact) mass is 369 g/mol. The van der Waals surface area contributed by atoms with Gasteiger partial charge in [-0.1, -0.05) is 18.9 Å². The lowest BCUT2D eigenvalue weighted by Gasteiger charge is -2.15. The molecule has 0 aliphatic heterocycles. The van der Waals surface area contributed by atoms with E-state index in [4.69, 9.17) is 0 Å². The van der Waals surface area contributed by atoms with Crippen molar-refractivity contribution >= 4 is 23.3 Å². The molecule has 1 aromatic carbocycles. The van der Waals surface area contributed by atoms with E-state index in [1.54, 1.807) is 18.3 Å². The van der Waals surface area contributed by atoms with Crippen LogP contribution in [0.25, 0.3) is 0 Å². The van der Waals surface area contributed by atoms with Crippen molar-refractivity contribution in [3.8, 4) is 0 Å². The fourth-order valence-corrected chi connectivity index (χ4v) is 3.33. The lowest BCUT2D eigenvalue weighted by Crippen LogP contribution is -2.36. The summed E-state index contributed by atoms with van der Waals surface area (Å²) >= 11 is 0. The topological polar surface area (TPSA) is 88.1 Å². The number of hydrogen-bond donors (Lipinski definition) is 3. The van der Waals surface area contributed by atoms with E-state index in [2.05, 4.69) is 21.0 Å². The van der Waals surface area contributed by atoms with Gasteiger partial charge in [-0.25, -0.2) is 4.79 Å². The number of aromatic nitrogens is 2. The summed E-state index contributed by atoms with van der Waals surface area (Å²) in [5, 5.41) is 12.8.